The fourth-order valence-corrected chi connectivity index (χ4v) is 1.97. The van der Waals surface area contributed by atoms with Crippen LogP contribution in [0.3, 0.4) is 0 Å². The Morgan fingerprint density at radius 2 is 1.29 bits per heavy atom. The van der Waals surface area contributed by atoms with Gasteiger partial charge in [-0.05, 0) is 36.4 Å². The topological polar surface area (TPSA) is 164 Å². The number of nitrogen functional groups attached to an aromatic ring is 2. The molecule has 9 heteroatoms. The van der Waals surface area contributed by atoms with Crippen LogP contribution in [0.1, 0.15) is 31.1 Å². The first kappa shape index (κ1) is 19.0. The number of anilines is 2. The number of hydrogen-bond donors (Lipinski definition) is 5. The summed E-state index contributed by atoms with van der Waals surface area (Å²) in [5.74, 6) is -3.41. The number of rotatable bonds is 3. The Hall–Kier alpha value is -3.07. The quantitative estimate of drug-likeness (QED) is 0.493. The summed E-state index contributed by atoms with van der Waals surface area (Å²) in [6.45, 7) is 0. The maximum absolute atomic E-state index is 10.5. The van der Waals surface area contributed by atoms with E-state index in [2.05, 4.69) is 15.9 Å². The average Bonchev–Trinajstić information content (AvgIpc) is 2.49. The minimum atomic E-state index is -1.20. The van der Waals surface area contributed by atoms with E-state index in [1.165, 1.54) is 18.2 Å². The highest BCUT2D eigenvalue weighted by Crippen LogP contribution is 2.17. The molecule has 0 aliphatic rings. The molecule has 8 nitrogen and oxygen atoms in total. The molecule has 2 aromatic rings. The van der Waals surface area contributed by atoms with Gasteiger partial charge in [-0.1, -0.05) is 15.9 Å². The molecular formula is C15H13BrN2O6. The van der Waals surface area contributed by atoms with Gasteiger partial charge in [-0.2, -0.15) is 0 Å². The van der Waals surface area contributed by atoms with Crippen molar-refractivity contribution in [2.45, 2.75) is 0 Å². The standard InChI is InChI=1S/C8H7NO4.C7H6BrNO2/c9-6-2-4(7(10)11)1-5(3-6)8(12)13;8-4-1-2-6(9)5(3-4)7(10)11/h1-3H,9H2,(H,10,11)(H,12,13);1-3H,9H2,(H,10,11). The molecule has 0 fully saturated rings. The second-order valence-corrected chi connectivity index (χ2v) is 5.41. The number of carboxylic acid groups (broad SMARTS) is 3. The van der Waals surface area contributed by atoms with Gasteiger partial charge in [-0.3, -0.25) is 0 Å². The fourth-order valence-electron chi connectivity index (χ4n) is 1.61. The predicted octanol–water partition coefficient (Wildman–Crippen LogP) is 2.39. The lowest BCUT2D eigenvalue weighted by Crippen LogP contribution is -2.03. The van der Waals surface area contributed by atoms with Crippen LogP contribution in [0.15, 0.2) is 40.9 Å². The van der Waals surface area contributed by atoms with Crippen molar-refractivity contribution >= 4 is 45.2 Å². The summed E-state index contributed by atoms with van der Waals surface area (Å²) in [5, 5.41) is 25.7. The zero-order valence-corrected chi connectivity index (χ0v) is 13.6. The van der Waals surface area contributed by atoms with Crippen molar-refractivity contribution in [2.75, 3.05) is 11.5 Å². The van der Waals surface area contributed by atoms with E-state index in [4.69, 9.17) is 26.8 Å². The second kappa shape index (κ2) is 7.97. The molecule has 0 spiro atoms. The molecule has 0 saturated heterocycles. The van der Waals surface area contributed by atoms with Crippen molar-refractivity contribution in [2.24, 2.45) is 0 Å². The van der Waals surface area contributed by atoms with Crippen molar-refractivity contribution in [3.05, 3.63) is 57.6 Å². The van der Waals surface area contributed by atoms with Crippen molar-refractivity contribution in [1.29, 1.82) is 0 Å². The number of carbonyl (C=O) groups is 3. The van der Waals surface area contributed by atoms with Crippen LogP contribution < -0.4 is 11.5 Å². The van der Waals surface area contributed by atoms with Crippen molar-refractivity contribution in [3.8, 4) is 0 Å². The highest BCUT2D eigenvalue weighted by Gasteiger charge is 2.09. The molecular weight excluding hydrogens is 384 g/mol. The van der Waals surface area contributed by atoms with Crippen LogP contribution >= 0.6 is 15.9 Å². The lowest BCUT2D eigenvalue weighted by molar-refractivity contribution is 0.0682. The van der Waals surface area contributed by atoms with Gasteiger partial charge in [0.25, 0.3) is 0 Å². The molecule has 0 aliphatic heterocycles. The molecule has 7 N–H and O–H groups in total. The zero-order chi connectivity index (χ0) is 18.4. The molecule has 0 heterocycles. The number of aromatic carboxylic acids is 3. The highest BCUT2D eigenvalue weighted by molar-refractivity contribution is 9.10. The van der Waals surface area contributed by atoms with Crippen LogP contribution in [0.5, 0.6) is 0 Å². The fraction of sp³-hybridized carbons (Fsp3) is 0. The third kappa shape index (κ3) is 5.29. The van der Waals surface area contributed by atoms with E-state index in [0.717, 1.165) is 6.07 Å². The molecule has 0 amide bonds. The molecule has 24 heavy (non-hydrogen) atoms. The van der Waals surface area contributed by atoms with Gasteiger partial charge in [0.15, 0.2) is 0 Å². The number of carboxylic acids is 3. The molecule has 2 rings (SSSR count). The Balaban J connectivity index is 0.000000243. The monoisotopic (exact) mass is 396 g/mol. The largest absolute Gasteiger partial charge is 0.478 e. The molecule has 0 bridgehead atoms. The van der Waals surface area contributed by atoms with E-state index in [-0.39, 0.29) is 28.1 Å². The first-order valence-electron chi connectivity index (χ1n) is 6.27. The first-order chi connectivity index (χ1) is 11.1. The minimum absolute atomic E-state index is 0.123. The van der Waals surface area contributed by atoms with E-state index in [1.807, 2.05) is 0 Å². The Morgan fingerprint density at radius 3 is 1.67 bits per heavy atom. The molecule has 0 aliphatic carbocycles. The van der Waals surface area contributed by atoms with Gasteiger partial charge in [0, 0.05) is 15.8 Å². The second-order valence-electron chi connectivity index (χ2n) is 4.49. The Labute approximate surface area is 144 Å². The van der Waals surface area contributed by atoms with Gasteiger partial charge in [0.2, 0.25) is 0 Å². The van der Waals surface area contributed by atoms with Gasteiger partial charge < -0.3 is 26.8 Å². The lowest BCUT2D eigenvalue weighted by atomic mass is 10.1. The normalized spacial score (nSPS) is 9.54. The number of hydrogen-bond acceptors (Lipinski definition) is 5. The smallest absolute Gasteiger partial charge is 0.337 e. The average molecular weight is 397 g/mol. The SMILES string of the molecule is Nc1cc(C(=O)O)cc(C(=O)O)c1.Nc1ccc(Br)cc1C(=O)O. The number of halogens is 1. The van der Waals surface area contributed by atoms with Crippen molar-refractivity contribution in [1.82, 2.24) is 0 Å². The Kier molecular flexibility index (Phi) is 6.30. The summed E-state index contributed by atoms with van der Waals surface area (Å²) >= 11 is 3.15. The van der Waals surface area contributed by atoms with Gasteiger partial charge in [0.05, 0.1) is 16.7 Å². The highest BCUT2D eigenvalue weighted by atomic mass is 79.9. The molecule has 126 valence electrons. The van der Waals surface area contributed by atoms with Crippen LogP contribution in [-0.2, 0) is 0 Å². The molecule has 0 radical (unpaired) electrons. The summed E-state index contributed by atoms with van der Waals surface area (Å²) in [5.41, 5.74) is 11.0. The Morgan fingerprint density at radius 1 is 0.792 bits per heavy atom. The molecule has 0 saturated carbocycles. The molecule has 0 unspecified atom stereocenters. The van der Waals surface area contributed by atoms with Gasteiger partial charge in [0.1, 0.15) is 0 Å². The van der Waals surface area contributed by atoms with Gasteiger partial charge in [-0.25, -0.2) is 14.4 Å². The lowest BCUT2D eigenvalue weighted by Gasteiger charge is -1.99. The molecule has 2 aromatic carbocycles. The zero-order valence-electron chi connectivity index (χ0n) is 12.1. The van der Waals surface area contributed by atoms with E-state index < -0.39 is 17.9 Å². The summed E-state index contributed by atoms with van der Waals surface area (Å²) in [4.78, 5) is 31.4. The minimum Gasteiger partial charge on any atom is -0.478 e. The van der Waals surface area contributed by atoms with E-state index in [1.54, 1.807) is 12.1 Å². The first-order valence-corrected chi connectivity index (χ1v) is 7.06. The number of benzene rings is 2. The van der Waals surface area contributed by atoms with Crippen LogP contribution in [-0.4, -0.2) is 33.2 Å². The summed E-state index contributed by atoms with van der Waals surface area (Å²) in [6, 6.07) is 8.18. The van der Waals surface area contributed by atoms with E-state index in [0.29, 0.717) is 4.47 Å². The van der Waals surface area contributed by atoms with Crippen LogP contribution in [0.2, 0.25) is 0 Å². The number of nitrogens with two attached hydrogens (primary N) is 2. The van der Waals surface area contributed by atoms with Gasteiger partial charge >= 0.3 is 17.9 Å². The predicted molar refractivity (Wildman–Crippen MR) is 90.3 cm³/mol. The maximum atomic E-state index is 10.5. The Bertz CT molecular complexity index is 774. The van der Waals surface area contributed by atoms with Crippen LogP contribution in [0.25, 0.3) is 0 Å². The van der Waals surface area contributed by atoms with Crippen LogP contribution in [0.4, 0.5) is 11.4 Å². The third-order valence-corrected chi connectivity index (χ3v) is 3.19. The summed E-state index contributed by atoms with van der Waals surface area (Å²) < 4.78 is 0.712. The molecule has 0 atom stereocenters. The summed E-state index contributed by atoms with van der Waals surface area (Å²) in [6.07, 6.45) is 0. The van der Waals surface area contributed by atoms with E-state index >= 15 is 0 Å². The maximum Gasteiger partial charge on any atom is 0.337 e. The van der Waals surface area contributed by atoms with Crippen molar-refractivity contribution in [3.63, 3.8) is 0 Å². The van der Waals surface area contributed by atoms with E-state index in [9.17, 15) is 14.4 Å². The van der Waals surface area contributed by atoms with Gasteiger partial charge in [-0.15, -0.1) is 0 Å². The third-order valence-electron chi connectivity index (χ3n) is 2.69. The summed E-state index contributed by atoms with van der Waals surface area (Å²) in [7, 11) is 0. The molecule has 0 aromatic heterocycles. The van der Waals surface area contributed by atoms with Crippen LogP contribution in [0, 0.1) is 0 Å². The van der Waals surface area contributed by atoms with Crippen molar-refractivity contribution < 1.29 is 29.7 Å².